The molecule has 6 nitrogen and oxygen atoms in total. The Morgan fingerprint density at radius 1 is 0.960 bits per heavy atom. The number of sulfonamides is 1. The van der Waals surface area contributed by atoms with Crippen LogP contribution in [0.5, 0.6) is 0 Å². The average molecular weight is 359 g/mol. The van der Waals surface area contributed by atoms with Crippen LogP contribution in [0.4, 0.5) is 5.69 Å². The van der Waals surface area contributed by atoms with Crippen molar-refractivity contribution in [2.75, 3.05) is 18.4 Å². The highest BCUT2D eigenvalue weighted by Crippen LogP contribution is 2.22. The summed E-state index contributed by atoms with van der Waals surface area (Å²) < 4.78 is 27.0. The molecule has 1 aliphatic rings. The summed E-state index contributed by atoms with van der Waals surface area (Å²) in [7, 11) is -3.47. The van der Waals surface area contributed by atoms with Gasteiger partial charge < -0.3 is 5.32 Å². The van der Waals surface area contributed by atoms with Crippen molar-refractivity contribution >= 4 is 21.6 Å². The highest BCUT2D eigenvalue weighted by atomic mass is 32.2. The van der Waals surface area contributed by atoms with Gasteiger partial charge in [-0.1, -0.05) is 18.9 Å². The molecule has 0 bridgehead atoms. The van der Waals surface area contributed by atoms with E-state index in [9.17, 15) is 13.2 Å². The van der Waals surface area contributed by atoms with Crippen LogP contribution in [0.2, 0.25) is 0 Å². The third-order valence-electron chi connectivity index (χ3n) is 4.21. The molecule has 0 spiro atoms. The Balaban J connectivity index is 1.72. The fourth-order valence-electron chi connectivity index (χ4n) is 2.83. The molecule has 1 aromatic heterocycles. The number of carbonyl (C=O) groups is 1. The summed E-state index contributed by atoms with van der Waals surface area (Å²) in [6.45, 7) is 1.14. The zero-order valence-electron chi connectivity index (χ0n) is 13.9. The van der Waals surface area contributed by atoms with Crippen LogP contribution in [-0.4, -0.2) is 36.7 Å². The number of carbonyl (C=O) groups excluding carboxylic acids is 1. The van der Waals surface area contributed by atoms with Gasteiger partial charge in [0, 0.05) is 25.0 Å². The van der Waals surface area contributed by atoms with E-state index in [1.54, 1.807) is 40.8 Å². The van der Waals surface area contributed by atoms with E-state index in [2.05, 4.69) is 10.3 Å². The van der Waals surface area contributed by atoms with Gasteiger partial charge in [0.15, 0.2) is 0 Å². The number of benzene rings is 1. The monoisotopic (exact) mass is 359 g/mol. The van der Waals surface area contributed by atoms with E-state index >= 15 is 0 Å². The molecule has 25 heavy (non-hydrogen) atoms. The van der Waals surface area contributed by atoms with Crippen LogP contribution in [0, 0.1) is 0 Å². The fourth-order valence-corrected chi connectivity index (χ4v) is 4.35. The zero-order chi connectivity index (χ0) is 17.7. The molecule has 2 aromatic rings. The van der Waals surface area contributed by atoms with E-state index in [0.29, 0.717) is 24.5 Å². The molecule has 0 unspecified atom stereocenters. The lowest BCUT2D eigenvalue weighted by Crippen LogP contribution is -2.31. The van der Waals surface area contributed by atoms with Crippen LogP contribution >= 0.6 is 0 Å². The standard InChI is InChI=1S/C18H21N3O3S/c22-18(17-7-3-4-12-19-17)20-15-8-10-16(11-9-15)25(23,24)21-13-5-1-2-6-14-21/h3-4,7-12H,1-2,5-6,13-14H2,(H,20,22). The molecule has 1 aromatic carbocycles. The summed E-state index contributed by atoms with van der Waals surface area (Å²) in [5.74, 6) is -0.330. The van der Waals surface area contributed by atoms with Crippen molar-refractivity contribution in [3.8, 4) is 0 Å². The van der Waals surface area contributed by atoms with Gasteiger partial charge >= 0.3 is 0 Å². The molecule has 0 aliphatic carbocycles. The Hall–Kier alpha value is -2.25. The Morgan fingerprint density at radius 2 is 1.64 bits per heavy atom. The van der Waals surface area contributed by atoms with Crippen LogP contribution in [0.25, 0.3) is 0 Å². The Labute approximate surface area is 147 Å². The van der Waals surface area contributed by atoms with Gasteiger partial charge in [-0.25, -0.2) is 8.42 Å². The molecule has 7 heteroatoms. The maximum absolute atomic E-state index is 12.7. The Bertz CT molecular complexity index is 812. The lowest BCUT2D eigenvalue weighted by molar-refractivity contribution is 0.102. The zero-order valence-corrected chi connectivity index (χ0v) is 14.7. The molecule has 1 saturated heterocycles. The van der Waals surface area contributed by atoms with E-state index in [4.69, 9.17) is 0 Å². The molecule has 3 rings (SSSR count). The second-order valence-corrected chi connectivity index (χ2v) is 7.95. The summed E-state index contributed by atoms with van der Waals surface area (Å²) in [5.41, 5.74) is 0.842. The first-order valence-electron chi connectivity index (χ1n) is 8.40. The van der Waals surface area contributed by atoms with Gasteiger partial charge in [0.1, 0.15) is 5.69 Å². The molecule has 0 radical (unpaired) electrons. The summed E-state index contributed by atoms with van der Waals surface area (Å²) in [4.78, 5) is 16.3. The minimum absolute atomic E-state index is 0.255. The second-order valence-electron chi connectivity index (χ2n) is 6.01. The third kappa shape index (κ3) is 4.24. The van der Waals surface area contributed by atoms with Crippen molar-refractivity contribution in [2.24, 2.45) is 0 Å². The molecular formula is C18H21N3O3S. The van der Waals surface area contributed by atoms with Gasteiger partial charge in [0.25, 0.3) is 5.91 Å². The number of aromatic nitrogens is 1. The summed E-state index contributed by atoms with van der Waals surface area (Å²) >= 11 is 0. The SMILES string of the molecule is O=C(Nc1ccc(S(=O)(=O)N2CCCCCC2)cc1)c1ccccn1. The lowest BCUT2D eigenvalue weighted by Gasteiger charge is -2.20. The first-order valence-corrected chi connectivity index (χ1v) is 9.84. The maximum atomic E-state index is 12.7. The van der Waals surface area contributed by atoms with Crippen molar-refractivity contribution in [3.05, 3.63) is 54.4 Å². The minimum atomic E-state index is -3.47. The molecule has 1 N–H and O–H groups in total. The predicted molar refractivity (Wildman–Crippen MR) is 95.9 cm³/mol. The molecule has 0 saturated carbocycles. The second kappa shape index (κ2) is 7.76. The molecule has 1 aliphatic heterocycles. The number of amides is 1. The Morgan fingerprint density at radius 3 is 2.24 bits per heavy atom. The molecule has 2 heterocycles. The van der Waals surface area contributed by atoms with Crippen LogP contribution in [0.15, 0.2) is 53.6 Å². The topological polar surface area (TPSA) is 79.4 Å². The number of hydrogen-bond acceptors (Lipinski definition) is 4. The average Bonchev–Trinajstić information content (AvgIpc) is 2.93. The van der Waals surface area contributed by atoms with Crippen molar-refractivity contribution in [1.82, 2.24) is 9.29 Å². The first kappa shape index (κ1) is 17.6. The van der Waals surface area contributed by atoms with Crippen molar-refractivity contribution in [3.63, 3.8) is 0 Å². The van der Waals surface area contributed by atoms with E-state index in [1.165, 1.54) is 12.1 Å². The molecule has 1 fully saturated rings. The van der Waals surface area contributed by atoms with E-state index < -0.39 is 10.0 Å². The number of anilines is 1. The molecule has 132 valence electrons. The van der Waals surface area contributed by atoms with Crippen LogP contribution in [0.3, 0.4) is 0 Å². The normalized spacial score (nSPS) is 16.2. The summed E-state index contributed by atoms with van der Waals surface area (Å²) in [6.07, 6.45) is 5.50. The Kier molecular flexibility index (Phi) is 5.45. The summed E-state index contributed by atoms with van der Waals surface area (Å²) in [5, 5.41) is 2.72. The van der Waals surface area contributed by atoms with E-state index in [0.717, 1.165) is 25.7 Å². The third-order valence-corrected chi connectivity index (χ3v) is 6.13. The van der Waals surface area contributed by atoms with Crippen LogP contribution in [-0.2, 0) is 10.0 Å². The highest BCUT2D eigenvalue weighted by Gasteiger charge is 2.25. The summed E-state index contributed by atoms with van der Waals surface area (Å²) in [6, 6.07) is 11.4. The van der Waals surface area contributed by atoms with Gasteiger partial charge in [-0.3, -0.25) is 9.78 Å². The van der Waals surface area contributed by atoms with Gasteiger partial charge in [0.2, 0.25) is 10.0 Å². The fraction of sp³-hybridized carbons (Fsp3) is 0.333. The van der Waals surface area contributed by atoms with Gasteiger partial charge in [0.05, 0.1) is 4.90 Å². The molecule has 0 atom stereocenters. The molecular weight excluding hydrogens is 338 g/mol. The van der Waals surface area contributed by atoms with Crippen LogP contribution in [0.1, 0.15) is 36.2 Å². The number of nitrogens with one attached hydrogen (secondary N) is 1. The minimum Gasteiger partial charge on any atom is -0.321 e. The van der Waals surface area contributed by atoms with E-state index in [1.807, 2.05) is 0 Å². The number of rotatable bonds is 4. The number of pyridine rings is 1. The molecule has 1 amide bonds. The number of hydrogen-bond donors (Lipinski definition) is 1. The smallest absolute Gasteiger partial charge is 0.274 e. The van der Waals surface area contributed by atoms with Crippen molar-refractivity contribution in [1.29, 1.82) is 0 Å². The first-order chi connectivity index (χ1) is 12.1. The van der Waals surface area contributed by atoms with E-state index in [-0.39, 0.29) is 10.8 Å². The largest absolute Gasteiger partial charge is 0.321 e. The van der Waals surface area contributed by atoms with Crippen LogP contribution < -0.4 is 5.32 Å². The van der Waals surface area contributed by atoms with Gasteiger partial charge in [-0.2, -0.15) is 4.31 Å². The lowest BCUT2D eigenvalue weighted by atomic mass is 10.2. The maximum Gasteiger partial charge on any atom is 0.274 e. The van der Waals surface area contributed by atoms with Gasteiger partial charge in [-0.15, -0.1) is 0 Å². The van der Waals surface area contributed by atoms with Crippen molar-refractivity contribution in [2.45, 2.75) is 30.6 Å². The number of nitrogens with zero attached hydrogens (tertiary/aromatic N) is 2. The highest BCUT2D eigenvalue weighted by molar-refractivity contribution is 7.89. The quantitative estimate of drug-likeness (QED) is 0.910. The predicted octanol–water partition coefficient (Wildman–Crippen LogP) is 2.90. The van der Waals surface area contributed by atoms with Crippen molar-refractivity contribution < 1.29 is 13.2 Å². The van der Waals surface area contributed by atoms with Gasteiger partial charge in [-0.05, 0) is 49.2 Å².